The lowest BCUT2D eigenvalue weighted by Gasteiger charge is -2.17. The summed E-state index contributed by atoms with van der Waals surface area (Å²) in [5.74, 6) is -2.56. The van der Waals surface area contributed by atoms with Gasteiger partial charge in [-0.2, -0.15) is 13.2 Å². The van der Waals surface area contributed by atoms with E-state index < -0.39 is 29.4 Å². The van der Waals surface area contributed by atoms with Crippen LogP contribution in [0.5, 0.6) is 0 Å². The summed E-state index contributed by atoms with van der Waals surface area (Å²) in [6.07, 6.45) is -4.86. The van der Waals surface area contributed by atoms with Crippen LogP contribution in [0.25, 0.3) is 0 Å². The zero-order chi connectivity index (χ0) is 11.8. The zero-order valence-corrected chi connectivity index (χ0v) is 7.70. The molecule has 0 saturated carbocycles. The summed E-state index contributed by atoms with van der Waals surface area (Å²) in [7, 11) is 0. The van der Waals surface area contributed by atoms with Crippen LogP contribution in [-0.4, -0.2) is 6.18 Å². The summed E-state index contributed by atoms with van der Waals surface area (Å²) in [5.41, 5.74) is 3.77. The summed E-state index contributed by atoms with van der Waals surface area (Å²) < 4.78 is 62.6. The van der Waals surface area contributed by atoms with Gasteiger partial charge in [0.05, 0.1) is 0 Å². The Kier molecular flexibility index (Phi) is 2.99. The predicted molar refractivity (Wildman–Crippen MR) is 44.1 cm³/mol. The first kappa shape index (κ1) is 11.9. The predicted octanol–water partition coefficient (Wildman–Crippen LogP) is 2.84. The number of benzene rings is 1. The quantitative estimate of drug-likeness (QED) is 0.730. The second-order valence-electron chi connectivity index (χ2n) is 3.16. The fraction of sp³-hybridized carbons (Fsp3) is 0.333. The van der Waals surface area contributed by atoms with Crippen molar-refractivity contribution in [2.45, 2.75) is 19.1 Å². The molecular formula is C9H8F5N. The van der Waals surface area contributed by atoms with E-state index in [4.69, 9.17) is 5.73 Å². The van der Waals surface area contributed by atoms with Gasteiger partial charge in [0, 0.05) is 5.56 Å². The van der Waals surface area contributed by atoms with Gasteiger partial charge >= 0.3 is 6.18 Å². The van der Waals surface area contributed by atoms with Crippen molar-refractivity contribution in [3.63, 3.8) is 0 Å². The molecule has 1 aromatic carbocycles. The second-order valence-corrected chi connectivity index (χ2v) is 3.16. The molecule has 0 radical (unpaired) electrons. The van der Waals surface area contributed by atoms with E-state index in [1.54, 1.807) is 0 Å². The molecule has 15 heavy (non-hydrogen) atoms. The number of hydrogen-bond donors (Lipinski definition) is 1. The fourth-order valence-electron chi connectivity index (χ4n) is 1.17. The molecule has 0 amide bonds. The molecule has 1 atom stereocenters. The van der Waals surface area contributed by atoms with Crippen LogP contribution in [0.3, 0.4) is 0 Å². The van der Waals surface area contributed by atoms with E-state index in [2.05, 4.69) is 0 Å². The van der Waals surface area contributed by atoms with E-state index in [9.17, 15) is 22.0 Å². The molecule has 2 N–H and O–H groups in total. The highest BCUT2D eigenvalue weighted by Gasteiger charge is 2.40. The SMILES string of the molecule is Cc1cc(F)c(C(N)C(F)(F)F)c(F)c1. The van der Waals surface area contributed by atoms with E-state index in [1.165, 1.54) is 6.92 Å². The molecule has 0 aromatic heterocycles. The topological polar surface area (TPSA) is 26.0 Å². The molecule has 0 fully saturated rings. The monoisotopic (exact) mass is 225 g/mol. The minimum Gasteiger partial charge on any atom is -0.316 e. The molecule has 0 aliphatic heterocycles. The molecule has 0 aliphatic carbocycles. The molecule has 1 aromatic rings. The Morgan fingerprint density at radius 2 is 1.53 bits per heavy atom. The number of nitrogens with two attached hydrogens (primary N) is 1. The first-order valence-electron chi connectivity index (χ1n) is 4.01. The van der Waals surface area contributed by atoms with Crippen molar-refractivity contribution in [3.05, 3.63) is 34.9 Å². The van der Waals surface area contributed by atoms with Gasteiger partial charge in [-0.15, -0.1) is 0 Å². The second kappa shape index (κ2) is 3.77. The van der Waals surface area contributed by atoms with Crippen LogP contribution in [0.2, 0.25) is 0 Å². The van der Waals surface area contributed by atoms with E-state index in [0.29, 0.717) is 0 Å². The van der Waals surface area contributed by atoms with Crippen LogP contribution in [0.15, 0.2) is 12.1 Å². The Morgan fingerprint density at radius 3 is 1.87 bits per heavy atom. The summed E-state index contributed by atoms with van der Waals surface area (Å²) in [6, 6.07) is -1.02. The van der Waals surface area contributed by atoms with E-state index >= 15 is 0 Å². The molecule has 0 spiro atoms. The van der Waals surface area contributed by atoms with E-state index in [-0.39, 0.29) is 5.56 Å². The zero-order valence-electron chi connectivity index (χ0n) is 7.70. The Balaban J connectivity index is 3.26. The maximum Gasteiger partial charge on any atom is 0.407 e. The summed E-state index contributed by atoms with van der Waals surface area (Å²) in [6.45, 7) is 1.37. The number of hydrogen-bond acceptors (Lipinski definition) is 1. The van der Waals surface area contributed by atoms with Crippen LogP contribution in [0, 0.1) is 18.6 Å². The number of aryl methyl sites for hydroxylation is 1. The lowest BCUT2D eigenvalue weighted by molar-refractivity contribution is -0.150. The molecule has 0 saturated heterocycles. The van der Waals surface area contributed by atoms with Crippen LogP contribution < -0.4 is 5.73 Å². The number of alkyl halides is 3. The summed E-state index contributed by atoms with van der Waals surface area (Å²) in [5, 5.41) is 0. The molecule has 6 heteroatoms. The summed E-state index contributed by atoms with van der Waals surface area (Å²) in [4.78, 5) is 0. The van der Waals surface area contributed by atoms with Gasteiger partial charge in [-0.1, -0.05) is 0 Å². The molecule has 84 valence electrons. The largest absolute Gasteiger partial charge is 0.407 e. The third-order valence-corrected chi connectivity index (χ3v) is 1.89. The van der Waals surface area contributed by atoms with Gasteiger partial charge in [0.25, 0.3) is 0 Å². The maximum atomic E-state index is 13.1. The van der Waals surface area contributed by atoms with Gasteiger partial charge in [-0.05, 0) is 24.6 Å². The molecular weight excluding hydrogens is 217 g/mol. The van der Waals surface area contributed by atoms with Crippen LogP contribution in [0.1, 0.15) is 17.2 Å². The molecule has 1 unspecified atom stereocenters. The highest BCUT2D eigenvalue weighted by atomic mass is 19.4. The Morgan fingerprint density at radius 1 is 1.13 bits per heavy atom. The molecule has 0 heterocycles. The first-order chi connectivity index (χ1) is 6.73. The average molecular weight is 225 g/mol. The highest BCUT2D eigenvalue weighted by molar-refractivity contribution is 5.28. The van der Waals surface area contributed by atoms with Crippen molar-refractivity contribution in [2.24, 2.45) is 5.73 Å². The highest BCUT2D eigenvalue weighted by Crippen LogP contribution is 2.33. The van der Waals surface area contributed by atoms with Crippen molar-refractivity contribution >= 4 is 0 Å². The molecule has 0 aliphatic rings. The van der Waals surface area contributed by atoms with Crippen molar-refractivity contribution in [2.75, 3.05) is 0 Å². The minimum absolute atomic E-state index is 0.197. The smallest absolute Gasteiger partial charge is 0.316 e. The van der Waals surface area contributed by atoms with Crippen molar-refractivity contribution in [1.29, 1.82) is 0 Å². The van der Waals surface area contributed by atoms with E-state index in [1.807, 2.05) is 0 Å². The van der Waals surface area contributed by atoms with Gasteiger partial charge in [0.1, 0.15) is 17.7 Å². The Bertz CT molecular complexity index is 348. The van der Waals surface area contributed by atoms with Crippen molar-refractivity contribution in [1.82, 2.24) is 0 Å². The minimum atomic E-state index is -4.86. The lowest BCUT2D eigenvalue weighted by Crippen LogP contribution is -2.30. The maximum absolute atomic E-state index is 13.1. The Labute approximate surface area is 82.7 Å². The van der Waals surface area contributed by atoms with Crippen LogP contribution in [0.4, 0.5) is 22.0 Å². The molecule has 0 bridgehead atoms. The standard InChI is InChI=1S/C9H8F5N/c1-4-2-5(10)7(6(11)3-4)8(15)9(12,13)14/h2-3,8H,15H2,1H3. The van der Waals surface area contributed by atoms with Gasteiger partial charge in [-0.3, -0.25) is 0 Å². The first-order valence-corrected chi connectivity index (χ1v) is 4.01. The Hall–Kier alpha value is -1.17. The van der Waals surface area contributed by atoms with Crippen molar-refractivity contribution in [3.8, 4) is 0 Å². The van der Waals surface area contributed by atoms with Gasteiger partial charge in [0.2, 0.25) is 0 Å². The number of halogens is 5. The van der Waals surface area contributed by atoms with Crippen LogP contribution >= 0.6 is 0 Å². The third kappa shape index (κ3) is 2.44. The average Bonchev–Trinajstić information content (AvgIpc) is 1.99. The number of rotatable bonds is 1. The van der Waals surface area contributed by atoms with Gasteiger partial charge in [0.15, 0.2) is 0 Å². The summed E-state index contributed by atoms with van der Waals surface area (Å²) >= 11 is 0. The van der Waals surface area contributed by atoms with Gasteiger partial charge < -0.3 is 5.73 Å². The lowest BCUT2D eigenvalue weighted by atomic mass is 10.0. The molecule has 1 rings (SSSR count). The molecule has 1 nitrogen and oxygen atoms in total. The van der Waals surface area contributed by atoms with Crippen LogP contribution in [-0.2, 0) is 0 Å². The fourth-order valence-corrected chi connectivity index (χ4v) is 1.17. The van der Waals surface area contributed by atoms with Gasteiger partial charge in [-0.25, -0.2) is 8.78 Å². The van der Waals surface area contributed by atoms with Crippen molar-refractivity contribution < 1.29 is 22.0 Å². The normalized spacial score (nSPS) is 14.1. The van der Waals surface area contributed by atoms with E-state index in [0.717, 1.165) is 12.1 Å². The third-order valence-electron chi connectivity index (χ3n) is 1.89.